The number of hydrogen-bond acceptors (Lipinski definition) is 2. The van der Waals surface area contributed by atoms with Crippen molar-refractivity contribution in [2.45, 2.75) is 18.9 Å². The van der Waals surface area contributed by atoms with Gasteiger partial charge in [0.2, 0.25) is 0 Å². The second-order valence-corrected chi connectivity index (χ2v) is 4.76. The van der Waals surface area contributed by atoms with Gasteiger partial charge in [0.25, 0.3) is 0 Å². The van der Waals surface area contributed by atoms with Gasteiger partial charge in [-0.15, -0.1) is 0 Å². The largest absolute Gasteiger partial charge is 0.480 e. The smallest absolute Gasteiger partial charge is 0.317 e. The first-order chi connectivity index (χ1) is 9.75. The topological polar surface area (TPSA) is 49.3 Å². The van der Waals surface area contributed by atoms with Crippen LogP contribution in [-0.4, -0.2) is 17.6 Å². The van der Waals surface area contributed by atoms with E-state index >= 15 is 0 Å². The third kappa shape index (κ3) is 4.52. The van der Waals surface area contributed by atoms with Crippen LogP contribution in [0.1, 0.15) is 23.6 Å². The second kappa shape index (κ2) is 7.46. The molecule has 0 heterocycles. The first kappa shape index (κ1) is 14.3. The van der Waals surface area contributed by atoms with Crippen LogP contribution in [0.25, 0.3) is 0 Å². The molecule has 0 spiro atoms. The molecule has 3 nitrogen and oxygen atoms in total. The molecule has 0 saturated heterocycles. The molecule has 0 amide bonds. The summed E-state index contributed by atoms with van der Waals surface area (Å²) in [5.41, 5.74) is 2.40. The van der Waals surface area contributed by atoms with Gasteiger partial charge in [-0.1, -0.05) is 60.7 Å². The molecule has 0 radical (unpaired) electrons. The van der Waals surface area contributed by atoms with Crippen LogP contribution in [0.3, 0.4) is 0 Å². The molecular formula is C17H19NO2. The van der Waals surface area contributed by atoms with E-state index in [1.807, 2.05) is 48.5 Å². The van der Waals surface area contributed by atoms with E-state index in [9.17, 15) is 4.79 Å². The summed E-state index contributed by atoms with van der Waals surface area (Å²) in [5.74, 6) is -0.828. The Morgan fingerprint density at radius 1 is 1.00 bits per heavy atom. The van der Waals surface area contributed by atoms with Crippen molar-refractivity contribution in [2.75, 3.05) is 6.54 Å². The molecule has 0 aliphatic carbocycles. The van der Waals surface area contributed by atoms with Gasteiger partial charge in [-0.2, -0.15) is 0 Å². The predicted molar refractivity (Wildman–Crippen MR) is 79.6 cm³/mol. The first-order valence-electron chi connectivity index (χ1n) is 6.80. The minimum absolute atomic E-state index is 0.0195. The summed E-state index contributed by atoms with van der Waals surface area (Å²) < 4.78 is 0. The molecule has 0 aromatic heterocycles. The number of carboxylic acid groups (broad SMARTS) is 1. The second-order valence-electron chi connectivity index (χ2n) is 4.76. The minimum atomic E-state index is -0.828. The third-order valence-electron chi connectivity index (χ3n) is 3.27. The van der Waals surface area contributed by atoms with Crippen LogP contribution in [0.4, 0.5) is 0 Å². The monoisotopic (exact) mass is 269 g/mol. The molecular weight excluding hydrogens is 250 g/mol. The fourth-order valence-corrected chi connectivity index (χ4v) is 2.24. The summed E-state index contributed by atoms with van der Waals surface area (Å²) in [5, 5.41) is 11.9. The Bertz CT molecular complexity index is 525. The quantitative estimate of drug-likeness (QED) is 0.812. The third-order valence-corrected chi connectivity index (χ3v) is 3.27. The Labute approximate surface area is 119 Å². The Hall–Kier alpha value is -2.13. The molecule has 0 aliphatic heterocycles. The Balaban J connectivity index is 2.01. The van der Waals surface area contributed by atoms with Crippen molar-refractivity contribution in [2.24, 2.45) is 0 Å². The Morgan fingerprint density at radius 3 is 2.20 bits per heavy atom. The summed E-state index contributed by atoms with van der Waals surface area (Å²) >= 11 is 0. The maximum Gasteiger partial charge on any atom is 0.317 e. The highest BCUT2D eigenvalue weighted by Gasteiger charge is 2.12. The van der Waals surface area contributed by atoms with Gasteiger partial charge in [-0.05, 0) is 24.0 Å². The number of hydrogen-bond donors (Lipinski definition) is 2. The van der Waals surface area contributed by atoms with Gasteiger partial charge in [0.05, 0.1) is 6.54 Å². The fourth-order valence-electron chi connectivity index (χ4n) is 2.24. The Kier molecular flexibility index (Phi) is 5.33. The van der Waals surface area contributed by atoms with E-state index in [0.29, 0.717) is 0 Å². The standard InChI is InChI=1S/C17H19NO2/c19-17(20)13-18-16(15-9-5-2-6-10-15)12-11-14-7-3-1-4-8-14/h1-10,16,18H,11-13H2,(H,19,20). The molecule has 1 unspecified atom stereocenters. The van der Waals surface area contributed by atoms with Crippen molar-refractivity contribution in [1.29, 1.82) is 0 Å². The predicted octanol–water partition coefficient (Wildman–Crippen LogP) is 3.03. The van der Waals surface area contributed by atoms with Crippen molar-refractivity contribution >= 4 is 5.97 Å². The lowest BCUT2D eigenvalue weighted by molar-refractivity contribution is -0.136. The van der Waals surface area contributed by atoms with Crippen LogP contribution >= 0.6 is 0 Å². The van der Waals surface area contributed by atoms with E-state index < -0.39 is 5.97 Å². The zero-order chi connectivity index (χ0) is 14.2. The molecule has 2 aromatic rings. The van der Waals surface area contributed by atoms with Crippen molar-refractivity contribution in [3.8, 4) is 0 Å². The Morgan fingerprint density at radius 2 is 1.60 bits per heavy atom. The molecule has 2 N–H and O–H groups in total. The highest BCUT2D eigenvalue weighted by molar-refractivity contribution is 5.69. The number of carboxylic acids is 1. The lowest BCUT2D eigenvalue weighted by Gasteiger charge is -2.18. The van der Waals surface area contributed by atoms with E-state index in [4.69, 9.17) is 5.11 Å². The van der Waals surface area contributed by atoms with Crippen molar-refractivity contribution < 1.29 is 9.90 Å². The summed E-state index contributed by atoms with van der Waals surface area (Å²) in [4.78, 5) is 10.7. The normalized spacial score (nSPS) is 12.0. The SMILES string of the molecule is O=C(O)CNC(CCc1ccccc1)c1ccccc1. The van der Waals surface area contributed by atoms with Crippen molar-refractivity contribution in [3.05, 3.63) is 71.8 Å². The lowest BCUT2D eigenvalue weighted by Crippen LogP contribution is -2.27. The van der Waals surface area contributed by atoms with Gasteiger partial charge in [-0.25, -0.2) is 0 Å². The van der Waals surface area contributed by atoms with Gasteiger partial charge in [0, 0.05) is 6.04 Å². The summed E-state index contributed by atoms with van der Waals surface area (Å²) in [7, 11) is 0. The van der Waals surface area contributed by atoms with Crippen LogP contribution in [-0.2, 0) is 11.2 Å². The van der Waals surface area contributed by atoms with E-state index in [1.54, 1.807) is 0 Å². The van der Waals surface area contributed by atoms with Crippen LogP contribution in [0, 0.1) is 0 Å². The average Bonchev–Trinajstić information content (AvgIpc) is 2.49. The maximum atomic E-state index is 10.7. The molecule has 0 saturated carbocycles. The van der Waals surface area contributed by atoms with Crippen molar-refractivity contribution in [3.63, 3.8) is 0 Å². The highest BCUT2D eigenvalue weighted by atomic mass is 16.4. The van der Waals surface area contributed by atoms with Gasteiger partial charge in [0.1, 0.15) is 0 Å². The number of aryl methyl sites for hydroxylation is 1. The number of carbonyl (C=O) groups is 1. The van der Waals surface area contributed by atoms with Crippen LogP contribution in [0.2, 0.25) is 0 Å². The molecule has 20 heavy (non-hydrogen) atoms. The fraction of sp³-hybridized carbons (Fsp3) is 0.235. The zero-order valence-corrected chi connectivity index (χ0v) is 11.3. The highest BCUT2D eigenvalue weighted by Crippen LogP contribution is 2.18. The molecule has 3 heteroatoms. The molecule has 0 fully saturated rings. The first-order valence-corrected chi connectivity index (χ1v) is 6.80. The van der Waals surface area contributed by atoms with Crippen LogP contribution < -0.4 is 5.32 Å². The molecule has 2 rings (SSSR count). The molecule has 1 atom stereocenters. The van der Waals surface area contributed by atoms with Gasteiger partial charge in [-0.3, -0.25) is 4.79 Å². The average molecular weight is 269 g/mol. The molecule has 0 aliphatic rings. The summed E-state index contributed by atoms with van der Waals surface area (Å²) in [6, 6.07) is 20.3. The van der Waals surface area contributed by atoms with E-state index in [2.05, 4.69) is 17.4 Å². The molecule has 0 bridgehead atoms. The number of nitrogens with one attached hydrogen (secondary N) is 1. The maximum absolute atomic E-state index is 10.7. The van der Waals surface area contributed by atoms with Gasteiger partial charge < -0.3 is 10.4 Å². The van der Waals surface area contributed by atoms with E-state index in [0.717, 1.165) is 18.4 Å². The van der Waals surface area contributed by atoms with E-state index in [1.165, 1.54) is 5.56 Å². The van der Waals surface area contributed by atoms with E-state index in [-0.39, 0.29) is 12.6 Å². The number of rotatable bonds is 7. The summed E-state index contributed by atoms with van der Waals surface area (Å²) in [6.07, 6.45) is 1.80. The van der Waals surface area contributed by atoms with Crippen LogP contribution in [0.15, 0.2) is 60.7 Å². The van der Waals surface area contributed by atoms with Crippen molar-refractivity contribution in [1.82, 2.24) is 5.32 Å². The number of aliphatic carboxylic acids is 1. The molecule has 2 aromatic carbocycles. The lowest BCUT2D eigenvalue weighted by atomic mass is 9.99. The minimum Gasteiger partial charge on any atom is -0.480 e. The van der Waals surface area contributed by atoms with Gasteiger partial charge >= 0.3 is 5.97 Å². The summed E-state index contributed by atoms with van der Waals surface area (Å²) in [6.45, 7) is -0.0195. The van der Waals surface area contributed by atoms with Crippen LogP contribution in [0.5, 0.6) is 0 Å². The van der Waals surface area contributed by atoms with Gasteiger partial charge in [0.15, 0.2) is 0 Å². The zero-order valence-electron chi connectivity index (χ0n) is 11.3. The number of benzene rings is 2. The molecule has 104 valence electrons.